The number of aryl methyl sites for hydroxylation is 1. The summed E-state index contributed by atoms with van der Waals surface area (Å²) in [6.07, 6.45) is -4.95. The minimum Gasteiger partial charge on any atom is -0.334 e. The first-order chi connectivity index (χ1) is 11.0. The SMILES string of the molecule is Cc1nsc(Nc2c([N+](=O)[O-])cc(C(F)(F)F)cc2[N+](=O)[O-])c1I. The summed E-state index contributed by atoms with van der Waals surface area (Å²) in [7, 11) is 0. The summed E-state index contributed by atoms with van der Waals surface area (Å²) >= 11 is 2.76. The van der Waals surface area contributed by atoms with Gasteiger partial charge < -0.3 is 5.32 Å². The van der Waals surface area contributed by atoms with Crippen LogP contribution in [0, 0.1) is 30.7 Å². The quantitative estimate of drug-likeness (QED) is 0.393. The number of hydrogen-bond donors (Lipinski definition) is 1. The molecule has 0 atom stereocenters. The molecule has 0 fully saturated rings. The number of benzene rings is 1. The smallest absolute Gasteiger partial charge is 0.334 e. The molecule has 1 heterocycles. The van der Waals surface area contributed by atoms with E-state index in [0.717, 1.165) is 11.5 Å². The fourth-order valence-electron chi connectivity index (χ4n) is 1.74. The maximum atomic E-state index is 12.8. The van der Waals surface area contributed by atoms with E-state index in [1.54, 1.807) is 6.92 Å². The zero-order chi connectivity index (χ0) is 18.2. The standard InChI is InChI=1S/C11H6F3IN4O4S/c1-4-8(15)10(24-17-4)16-9-6(18(20)21)2-5(11(12,13)14)3-7(9)19(22)23/h2-3,16H,1H3. The summed E-state index contributed by atoms with van der Waals surface area (Å²) in [6.45, 7) is 1.65. The summed E-state index contributed by atoms with van der Waals surface area (Å²) < 4.78 is 43.0. The van der Waals surface area contributed by atoms with Gasteiger partial charge in [0.15, 0.2) is 5.69 Å². The summed E-state index contributed by atoms with van der Waals surface area (Å²) in [5.74, 6) is 0. The van der Waals surface area contributed by atoms with Crippen molar-refractivity contribution in [2.75, 3.05) is 5.32 Å². The maximum Gasteiger partial charge on any atom is 0.416 e. The molecule has 0 saturated carbocycles. The Bertz CT molecular complexity index is 804. The molecule has 1 aromatic heterocycles. The first-order valence-electron chi connectivity index (χ1n) is 5.95. The number of aromatic nitrogens is 1. The van der Waals surface area contributed by atoms with Crippen LogP contribution in [0.25, 0.3) is 0 Å². The van der Waals surface area contributed by atoms with Crippen molar-refractivity contribution in [3.05, 3.63) is 47.2 Å². The Balaban J connectivity index is 2.70. The summed E-state index contributed by atoms with van der Waals surface area (Å²) in [6, 6.07) is 0.520. The van der Waals surface area contributed by atoms with Crippen molar-refractivity contribution in [1.82, 2.24) is 4.37 Å². The van der Waals surface area contributed by atoms with Gasteiger partial charge in [0.2, 0.25) is 0 Å². The van der Waals surface area contributed by atoms with Gasteiger partial charge in [-0.2, -0.15) is 17.5 Å². The van der Waals surface area contributed by atoms with Crippen LogP contribution in [0.15, 0.2) is 12.1 Å². The van der Waals surface area contributed by atoms with Crippen LogP contribution in [0.1, 0.15) is 11.3 Å². The van der Waals surface area contributed by atoms with Crippen LogP contribution in [0.3, 0.4) is 0 Å². The highest BCUT2D eigenvalue weighted by molar-refractivity contribution is 14.1. The van der Waals surface area contributed by atoms with Crippen LogP contribution in [-0.4, -0.2) is 14.2 Å². The Morgan fingerprint density at radius 1 is 1.21 bits per heavy atom. The summed E-state index contributed by atoms with van der Waals surface area (Å²) in [5.41, 5.74) is -3.60. The maximum absolute atomic E-state index is 12.8. The number of rotatable bonds is 4. The summed E-state index contributed by atoms with van der Waals surface area (Å²) in [5, 5.41) is 25.0. The Kier molecular flexibility index (Phi) is 4.93. The lowest BCUT2D eigenvalue weighted by atomic mass is 10.1. The molecule has 128 valence electrons. The van der Waals surface area contributed by atoms with Gasteiger partial charge in [0.25, 0.3) is 11.4 Å². The van der Waals surface area contributed by atoms with Gasteiger partial charge in [0, 0.05) is 12.1 Å². The molecule has 2 rings (SSSR count). The third-order valence-electron chi connectivity index (χ3n) is 2.85. The number of nitro benzene ring substituents is 2. The van der Waals surface area contributed by atoms with Crippen molar-refractivity contribution in [3.8, 4) is 0 Å². The number of nitrogens with zero attached hydrogens (tertiary/aromatic N) is 3. The Hall–Kier alpha value is -2.03. The van der Waals surface area contributed by atoms with E-state index in [2.05, 4.69) is 9.69 Å². The van der Waals surface area contributed by atoms with E-state index in [1.807, 2.05) is 22.6 Å². The van der Waals surface area contributed by atoms with Crippen LogP contribution in [-0.2, 0) is 6.18 Å². The Morgan fingerprint density at radius 2 is 1.71 bits per heavy atom. The molecule has 0 unspecified atom stereocenters. The molecule has 0 bridgehead atoms. The molecular formula is C11H6F3IN4O4S. The lowest BCUT2D eigenvalue weighted by molar-refractivity contribution is -0.392. The average Bonchev–Trinajstić information content (AvgIpc) is 2.77. The molecule has 0 aliphatic heterocycles. The van der Waals surface area contributed by atoms with Crippen LogP contribution >= 0.6 is 34.1 Å². The van der Waals surface area contributed by atoms with Crippen molar-refractivity contribution in [3.63, 3.8) is 0 Å². The van der Waals surface area contributed by atoms with E-state index in [-0.39, 0.29) is 17.1 Å². The molecule has 0 radical (unpaired) electrons. The van der Waals surface area contributed by atoms with Gasteiger partial charge in [0.05, 0.1) is 24.7 Å². The van der Waals surface area contributed by atoms with Gasteiger partial charge in [-0.05, 0) is 41.0 Å². The highest BCUT2D eigenvalue weighted by atomic mass is 127. The third kappa shape index (κ3) is 3.55. The molecule has 24 heavy (non-hydrogen) atoms. The van der Waals surface area contributed by atoms with E-state index in [4.69, 9.17) is 0 Å². The second kappa shape index (κ2) is 6.46. The zero-order valence-electron chi connectivity index (χ0n) is 11.5. The highest BCUT2D eigenvalue weighted by Gasteiger charge is 2.38. The second-order valence-corrected chi connectivity index (χ2v) is 6.29. The predicted octanol–water partition coefficient (Wildman–Crippen LogP) is 4.63. The van der Waals surface area contributed by atoms with Gasteiger partial charge in [0.1, 0.15) is 5.00 Å². The normalized spacial score (nSPS) is 11.4. The second-order valence-electron chi connectivity index (χ2n) is 4.44. The fraction of sp³-hybridized carbons (Fsp3) is 0.182. The van der Waals surface area contributed by atoms with Crippen LogP contribution < -0.4 is 5.32 Å². The molecule has 0 aliphatic rings. The van der Waals surface area contributed by atoms with E-state index in [1.165, 1.54) is 0 Å². The van der Waals surface area contributed by atoms with Gasteiger partial charge in [-0.1, -0.05) is 0 Å². The van der Waals surface area contributed by atoms with Crippen molar-refractivity contribution >= 4 is 56.2 Å². The van der Waals surface area contributed by atoms with Crippen molar-refractivity contribution in [2.24, 2.45) is 0 Å². The molecule has 0 aliphatic carbocycles. The number of anilines is 2. The van der Waals surface area contributed by atoms with Crippen LogP contribution in [0.4, 0.5) is 35.2 Å². The van der Waals surface area contributed by atoms with Gasteiger partial charge in [-0.25, -0.2) is 0 Å². The highest BCUT2D eigenvalue weighted by Crippen LogP contribution is 2.43. The average molecular weight is 474 g/mol. The largest absolute Gasteiger partial charge is 0.416 e. The number of nitro groups is 2. The zero-order valence-corrected chi connectivity index (χ0v) is 14.5. The molecule has 0 amide bonds. The Labute approximate surface area is 149 Å². The van der Waals surface area contributed by atoms with E-state index in [9.17, 15) is 33.4 Å². The molecule has 1 aromatic carbocycles. The monoisotopic (exact) mass is 474 g/mol. The minimum atomic E-state index is -4.95. The summed E-state index contributed by atoms with van der Waals surface area (Å²) in [4.78, 5) is 20.0. The lowest BCUT2D eigenvalue weighted by Gasteiger charge is -2.10. The third-order valence-corrected chi connectivity index (χ3v) is 5.39. The molecule has 0 saturated heterocycles. The molecule has 0 spiro atoms. The molecular weight excluding hydrogens is 468 g/mol. The molecule has 1 N–H and O–H groups in total. The first kappa shape index (κ1) is 18.3. The Morgan fingerprint density at radius 3 is 2.04 bits per heavy atom. The number of nitrogens with one attached hydrogen (secondary N) is 1. The van der Waals surface area contributed by atoms with Gasteiger partial charge in [-0.15, -0.1) is 0 Å². The van der Waals surface area contributed by atoms with Crippen molar-refractivity contribution < 1.29 is 23.0 Å². The number of alkyl halides is 3. The van der Waals surface area contributed by atoms with Crippen molar-refractivity contribution in [1.29, 1.82) is 0 Å². The fourth-order valence-corrected chi connectivity index (χ4v) is 3.15. The molecule has 8 nitrogen and oxygen atoms in total. The lowest BCUT2D eigenvalue weighted by Crippen LogP contribution is -2.09. The number of hydrogen-bond acceptors (Lipinski definition) is 7. The minimum absolute atomic E-state index is 0.260. The number of halogens is 4. The predicted molar refractivity (Wildman–Crippen MR) is 87.6 cm³/mol. The van der Waals surface area contributed by atoms with Crippen molar-refractivity contribution in [2.45, 2.75) is 13.1 Å². The van der Waals surface area contributed by atoms with E-state index >= 15 is 0 Å². The van der Waals surface area contributed by atoms with Crippen LogP contribution in [0.2, 0.25) is 0 Å². The van der Waals surface area contributed by atoms with Crippen LogP contribution in [0.5, 0.6) is 0 Å². The van der Waals surface area contributed by atoms with Gasteiger partial charge >= 0.3 is 6.18 Å². The molecule has 13 heteroatoms. The van der Waals surface area contributed by atoms with Gasteiger partial charge in [-0.3, -0.25) is 20.2 Å². The topological polar surface area (TPSA) is 111 Å². The molecule has 2 aromatic rings. The van der Waals surface area contributed by atoms with E-state index in [0.29, 0.717) is 9.26 Å². The first-order valence-corrected chi connectivity index (χ1v) is 7.80. The van der Waals surface area contributed by atoms with E-state index < -0.39 is 38.6 Å².